The minimum atomic E-state index is -0.462. The summed E-state index contributed by atoms with van der Waals surface area (Å²) in [6.07, 6.45) is 5.33. The zero-order valence-electron chi connectivity index (χ0n) is 14.5. The molecule has 142 valence electrons. The molecule has 2 aromatic rings. The maximum atomic E-state index is 12.6. The molecule has 0 radical (unpaired) electrons. The molecule has 8 heteroatoms. The molecule has 2 N–H and O–H groups in total. The van der Waals surface area contributed by atoms with Gasteiger partial charge in [-0.1, -0.05) is 43.0 Å². The van der Waals surface area contributed by atoms with Gasteiger partial charge in [-0.15, -0.1) is 0 Å². The fourth-order valence-corrected chi connectivity index (χ4v) is 3.90. The monoisotopic (exact) mass is 451 g/mol. The number of benzene rings is 2. The Balaban J connectivity index is 1.88. The van der Waals surface area contributed by atoms with Crippen LogP contribution in [-0.2, 0) is 0 Å². The molecule has 1 aliphatic carbocycles. The van der Waals surface area contributed by atoms with Gasteiger partial charge in [0.25, 0.3) is 11.6 Å². The van der Waals surface area contributed by atoms with E-state index in [-0.39, 0.29) is 22.7 Å². The fourth-order valence-electron chi connectivity index (χ4n) is 3.23. The lowest BCUT2D eigenvalue weighted by Crippen LogP contribution is -2.23. The van der Waals surface area contributed by atoms with Crippen LogP contribution in [0.2, 0.25) is 5.02 Å². The summed E-state index contributed by atoms with van der Waals surface area (Å²) in [5.41, 5.74) is 1.07. The number of carbonyl (C=O) groups excluding carboxylic acids is 1. The topological polar surface area (TPSA) is 84.3 Å². The van der Waals surface area contributed by atoms with Gasteiger partial charge >= 0.3 is 0 Å². The van der Waals surface area contributed by atoms with Gasteiger partial charge in [-0.3, -0.25) is 14.9 Å². The Morgan fingerprint density at radius 1 is 1.15 bits per heavy atom. The van der Waals surface area contributed by atoms with Gasteiger partial charge in [0.1, 0.15) is 5.69 Å². The van der Waals surface area contributed by atoms with Crippen molar-refractivity contribution in [2.24, 2.45) is 0 Å². The van der Waals surface area contributed by atoms with Gasteiger partial charge < -0.3 is 10.6 Å². The first-order valence-corrected chi connectivity index (χ1v) is 9.93. The van der Waals surface area contributed by atoms with Gasteiger partial charge in [0.15, 0.2) is 0 Å². The zero-order valence-corrected chi connectivity index (χ0v) is 16.8. The van der Waals surface area contributed by atoms with Crippen LogP contribution in [0.25, 0.3) is 0 Å². The molecule has 1 saturated carbocycles. The van der Waals surface area contributed by atoms with Gasteiger partial charge in [0.2, 0.25) is 0 Å². The van der Waals surface area contributed by atoms with Crippen LogP contribution >= 0.6 is 27.5 Å². The first-order chi connectivity index (χ1) is 13.0. The maximum absolute atomic E-state index is 12.6. The first-order valence-electron chi connectivity index (χ1n) is 8.76. The molecule has 0 atom stereocenters. The number of nitrogens with one attached hydrogen (secondary N) is 2. The Kier molecular flexibility index (Phi) is 6.34. The zero-order chi connectivity index (χ0) is 19.4. The Labute approximate surface area is 170 Å². The molecule has 0 spiro atoms. The summed E-state index contributed by atoms with van der Waals surface area (Å²) in [7, 11) is 0. The van der Waals surface area contributed by atoms with E-state index in [9.17, 15) is 14.9 Å². The summed E-state index contributed by atoms with van der Waals surface area (Å²) in [5, 5.41) is 17.6. The SMILES string of the molecule is O=C(Nc1cc(NC2CCCCC2)c([N+](=O)[O-])cc1Cl)c1ccccc1Br. The van der Waals surface area contributed by atoms with Crippen LogP contribution in [0.4, 0.5) is 17.1 Å². The Morgan fingerprint density at radius 3 is 2.52 bits per heavy atom. The molecule has 0 bridgehead atoms. The van der Waals surface area contributed by atoms with Gasteiger partial charge in [-0.2, -0.15) is 0 Å². The number of hydrogen-bond donors (Lipinski definition) is 2. The molecule has 27 heavy (non-hydrogen) atoms. The van der Waals surface area contributed by atoms with Crippen molar-refractivity contribution in [2.45, 2.75) is 38.1 Å². The van der Waals surface area contributed by atoms with Crippen LogP contribution in [0.5, 0.6) is 0 Å². The highest BCUT2D eigenvalue weighted by Crippen LogP contribution is 2.36. The summed E-state index contributed by atoms with van der Waals surface area (Å²) in [4.78, 5) is 23.5. The van der Waals surface area contributed by atoms with Gasteiger partial charge in [0, 0.05) is 16.6 Å². The van der Waals surface area contributed by atoms with Gasteiger partial charge in [0.05, 0.1) is 21.2 Å². The van der Waals surface area contributed by atoms with Crippen molar-refractivity contribution >= 4 is 50.5 Å². The van der Waals surface area contributed by atoms with Crippen LogP contribution in [0, 0.1) is 10.1 Å². The largest absolute Gasteiger partial charge is 0.377 e. The average molecular weight is 453 g/mol. The van der Waals surface area contributed by atoms with Crippen molar-refractivity contribution in [3.8, 4) is 0 Å². The standard InChI is InChI=1S/C19H19BrClN3O3/c20-14-9-5-4-8-13(14)19(25)23-16-11-17(18(24(26)27)10-15(16)21)22-12-6-2-1-3-7-12/h4-5,8-12,22H,1-3,6-7H2,(H,23,25). The Hall–Kier alpha value is -2.12. The lowest BCUT2D eigenvalue weighted by molar-refractivity contribution is -0.384. The van der Waals surface area contributed by atoms with Crippen molar-refractivity contribution in [1.82, 2.24) is 0 Å². The normalized spacial score (nSPS) is 14.6. The second-order valence-electron chi connectivity index (χ2n) is 6.52. The Morgan fingerprint density at radius 2 is 1.85 bits per heavy atom. The second kappa shape index (κ2) is 8.71. The first kappa shape index (κ1) is 19.6. The Bertz CT molecular complexity index is 869. The molecule has 6 nitrogen and oxygen atoms in total. The van der Waals surface area contributed by atoms with Crippen molar-refractivity contribution in [2.75, 3.05) is 10.6 Å². The van der Waals surface area contributed by atoms with E-state index >= 15 is 0 Å². The number of hydrogen-bond acceptors (Lipinski definition) is 4. The number of nitro groups is 1. The van der Waals surface area contributed by atoms with E-state index in [0.717, 1.165) is 25.7 Å². The smallest absolute Gasteiger partial charge is 0.293 e. The van der Waals surface area contributed by atoms with Crippen LogP contribution in [0.1, 0.15) is 42.5 Å². The minimum absolute atomic E-state index is 0.0931. The molecular formula is C19H19BrClN3O3. The molecule has 0 saturated heterocycles. The second-order valence-corrected chi connectivity index (χ2v) is 7.78. The molecule has 1 amide bonds. The predicted molar refractivity (Wildman–Crippen MR) is 111 cm³/mol. The third-order valence-electron chi connectivity index (χ3n) is 4.61. The highest BCUT2D eigenvalue weighted by molar-refractivity contribution is 9.10. The molecule has 1 aliphatic rings. The fraction of sp³-hybridized carbons (Fsp3) is 0.316. The molecule has 1 fully saturated rings. The molecule has 0 aromatic heterocycles. The van der Waals surface area contributed by atoms with E-state index in [0.29, 0.717) is 21.4 Å². The highest BCUT2D eigenvalue weighted by Gasteiger charge is 2.22. The van der Waals surface area contributed by atoms with Crippen LogP contribution in [-0.4, -0.2) is 16.9 Å². The van der Waals surface area contributed by atoms with Crippen molar-refractivity contribution in [3.63, 3.8) is 0 Å². The highest BCUT2D eigenvalue weighted by atomic mass is 79.9. The molecular weight excluding hydrogens is 434 g/mol. The van der Waals surface area contributed by atoms with Crippen LogP contribution < -0.4 is 10.6 Å². The lowest BCUT2D eigenvalue weighted by Gasteiger charge is -2.24. The third kappa shape index (κ3) is 4.78. The third-order valence-corrected chi connectivity index (χ3v) is 5.62. The summed E-state index contributed by atoms with van der Waals surface area (Å²) >= 11 is 9.55. The van der Waals surface area contributed by atoms with E-state index in [1.807, 2.05) is 6.07 Å². The molecule has 3 rings (SSSR count). The number of carbonyl (C=O) groups is 1. The number of nitrogens with zero attached hydrogens (tertiary/aromatic N) is 1. The molecule has 2 aromatic carbocycles. The molecule has 0 heterocycles. The van der Waals surface area contributed by atoms with Crippen molar-refractivity contribution in [3.05, 3.63) is 61.6 Å². The summed E-state index contributed by atoms with van der Waals surface area (Å²) in [6.45, 7) is 0. The quantitative estimate of drug-likeness (QED) is 0.430. The van der Waals surface area contributed by atoms with E-state index in [1.165, 1.54) is 12.5 Å². The lowest BCUT2D eigenvalue weighted by atomic mass is 9.95. The van der Waals surface area contributed by atoms with E-state index in [1.54, 1.807) is 24.3 Å². The van der Waals surface area contributed by atoms with E-state index in [2.05, 4.69) is 26.6 Å². The van der Waals surface area contributed by atoms with Gasteiger partial charge in [-0.25, -0.2) is 0 Å². The number of rotatable bonds is 5. The van der Waals surface area contributed by atoms with Crippen LogP contribution in [0.3, 0.4) is 0 Å². The van der Waals surface area contributed by atoms with Crippen LogP contribution in [0.15, 0.2) is 40.9 Å². The summed E-state index contributed by atoms with van der Waals surface area (Å²) < 4.78 is 0.654. The number of nitro benzene ring substituents is 1. The molecule has 0 unspecified atom stereocenters. The maximum Gasteiger partial charge on any atom is 0.293 e. The van der Waals surface area contributed by atoms with Crippen molar-refractivity contribution < 1.29 is 9.72 Å². The van der Waals surface area contributed by atoms with Gasteiger partial charge in [-0.05, 0) is 47.0 Å². The van der Waals surface area contributed by atoms with E-state index < -0.39 is 4.92 Å². The summed E-state index contributed by atoms with van der Waals surface area (Å²) in [6, 6.07) is 10.0. The number of halogens is 2. The van der Waals surface area contributed by atoms with Crippen molar-refractivity contribution in [1.29, 1.82) is 0 Å². The summed E-state index contributed by atoms with van der Waals surface area (Å²) in [5.74, 6) is -0.346. The predicted octanol–water partition coefficient (Wildman–Crippen LogP) is 6.01. The van der Waals surface area contributed by atoms with E-state index in [4.69, 9.17) is 11.6 Å². The molecule has 0 aliphatic heterocycles. The average Bonchev–Trinajstić information content (AvgIpc) is 2.65. The minimum Gasteiger partial charge on any atom is -0.377 e. The number of amides is 1. The number of anilines is 2.